The molecule has 1 fully saturated rings. The van der Waals surface area contributed by atoms with E-state index in [-0.39, 0.29) is 11.8 Å². The summed E-state index contributed by atoms with van der Waals surface area (Å²) in [6, 6.07) is 6.67. The van der Waals surface area contributed by atoms with E-state index in [1.165, 1.54) is 0 Å². The molecule has 1 aliphatic rings. The van der Waals surface area contributed by atoms with Crippen molar-refractivity contribution < 1.29 is 13.2 Å². The van der Waals surface area contributed by atoms with Gasteiger partial charge in [0.15, 0.2) is 9.84 Å². The van der Waals surface area contributed by atoms with Crippen molar-refractivity contribution in [1.29, 1.82) is 0 Å². The molecule has 0 saturated carbocycles. The van der Waals surface area contributed by atoms with Crippen LogP contribution >= 0.6 is 0 Å². The van der Waals surface area contributed by atoms with Gasteiger partial charge in [0.1, 0.15) is 0 Å². The van der Waals surface area contributed by atoms with Gasteiger partial charge in [-0.05, 0) is 36.0 Å². The number of likely N-dealkylation sites (tertiary alicyclic amines) is 1. The van der Waals surface area contributed by atoms with E-state index in [1.807, 2.05) is 4.90 Å². The molecule has 1 heterocycles. The number of carbonyl (C=O) groups excluding carboxylic acids is 1. The first kappa shape index (κ1) is 17.8. The number of nitrogens with zero attached hydrogens (tertiary/aromatic N) is 1. The molecule has 1 aromatic carbocycles. The highest BCUT2D eigenvalue weighted by Gasteiger charge is 2.25. The molecule has 0 radical (unpaired) electrons. The summed E-state index contributed by atoms with van der Waals surface area (Å²) < 4.78 is 23.5. The fourth-order valence-electron chi connectivity index (χ4n) is 3.10. The molecule has 1 aliphatic heterocycles. The summed E-state index contributed by atoms with van der Waals surface area (Å²) in [5.41, 5.74) is 0.895. The van der Waals surface area contributed by atoms with Crippen LogP contribution in [-0.4, -0.2) is 38.2 Å². The van der Waals surface area contributed by atoms with Crippen LogP contribution in [-0.2, 0) is 16.4 Å². The molecule has 1 aromatic rings. The summed E-state index contributed by atoms with van der Waals surface area (Å²) in [7, 11) is -3.17. The van der Waals surface area contributed by atoms with Crippen LogP contribution in [0.25, 0.3) is 0 Å². The van der Waals surface area contributed by atoms with Crippen LogP contribution in [0.2, 0.25) is 0 Å². The van der Waals surface area contributed by atoms with Crippen LogP contribution in [0.4, 0.5) is 4.79 Å². The molecule has 2 atom stereocenters. The number of carbonyl (C=O) groups is 1. The predicted molar refractivity (Wildman–Crippen MR) is 90.9 cm³/mol. The largest absolute Gasteiger partial charge is 0.334 e. The Balaban J connectivity index is 1.92. The van der Waals surface area contributed by atoms with Crippen LogP contribution in [0, 0.1) is 11.8 Å². The molecule has 6 heteroatoms. The number of urea groups is 1. The fourth-order valence-corrected chi connectivity index (χ4v) is 3.98. The van der Waals surface area contributed by atoms with E-state index < -0.39 is 9.84 Å². The van der Waals surface area contributed by atoms with Crippen molar-refractivity contribution >= 4 is 15.9 Å². The molecule has 0 aromatic heterocycles. The Kier molecular flexibility index (Phi) is 5.68. The standard InChI is InChI=1S/C17H26N2O3S/c1-4-23(21,22)16-7-5-15(6-8-16)10-18-17(20)19-11-13(2)9-14(3)12-19/h5-8,13-14H,4,9-12H2,1-3H3,(H,18,20)/t13-,14-/m0/s1. The van der Waals surface area contributed by atoms with Crippen molar-refractivity contribution in [2.45, 2.75) is 38.6 Å². The maximum absolute atomic E-state index is 12.3. The maximum atomic E-state index is 12.3. The second-order valence-electron chi connectivity index (χ2n) is 6.56. The molecule has 2 rings (SSSR count). The summed E-state index contributed by atoms with van der Waals surface area (Å²) in [4.78, 5) is 14.5. The molecule has 0 unspecified atom stereocenters. The molecule has 1 N–H and O–H groups in total. The fraction of sp³-hybridized carbons (Fsp3) is 0.588. The maximum Gasteiger partial charge on any atom is 0.317 e. The topological polar surface area (TPSA) is 66.5 Å². The molecule has 23 heavy (non-hydrogen) atoms. The zero-order valence-electron chi connectivity index (χ0n) is 14.1. The van der Waals surface area contributed by atoms with E-state index in [1.54, 1.807) is 31.2 Å². The number of hydrogen-bond donors (Lipinski definition) is 1. The predicted octanol–water partition coefficient (Wildman–Crippen LogP) is 2.67. The lowest BCUT2D eigenvalue weighted by Crippen LogP contribution is -2.47. The van der Waals surface area contributed by atoms with Gasteiger partial charge in [0.2, 0.25) is 0 Å². The third kappa shape index (κ3) is 4.70. The highest BCUT2D eigenvalue weighted by atomic mass is 32.2. The Morgan fingerprint density at radius 2 is 1.74 bits per heavy atom. The summed E-state index contributed by atoms with van der Waals surface area (Å²) in [5.74, 6) is 1.15. The molecule has 2 amide bonds. The van der Waals surface area contributed by atoms with Crippen molar-refractivity contribution in [3.63, 3.8) is 0 Å². The Morgan fingerprint density at radius 3 is 2.26 bits per heavy atom. The average Bonchev–Trinajstić information content (AvgIpc) is 2.52. The Hall–Kier alpha value is -1.56. The van der Waals surface area contributed by atoms with E-state index >= 15 is 0 Å². The van der Waals surface area contributed by atoms with Crippen LogP contribution < -0.4 is 5.32 Å². The highest BCUT2D eigenvalue weighted by molar-refractivity contribution is 7.91. The number of sulfone groups is 1. The van der Waals surface area contributed by atoms with E-state index in [0.717, 1.165) is 25.1 Å². The number of benzene rings is 1. The molecule has 5 nitrogen and oxygen atoms in total. The van der Waals surface area contributed by atoms with Gasteiger partial charge in [-0.3, -0.25) is 0 Å². The SMILES string of the molecule is CCS(=O)(=O)c1ccc(CNC(=O)N2C[C@@H](C)C[C@H](C)C2)cc1. The van der Waals surface area contributed by atoms with Crippen LogP contribution in [0.15, 0.2) is 29.2 Å². The van der Waals surface area contributed by atoms with E-state index in [4.69, 9.17) is 0 Å². The van der Waals surface area contributed by atoms with Gasteiger partial charge in [-0.15, -0.1) is 0 Å². The van der Waals surface area contributed by atoms with Crippen molar-refractivity contribution in [3.05, 3.63) is 29.8 Å². The summed E-state index contributed by atoms with van der Waals surface area (Å²) >= 11 is 0. The quantitative estimate of drug-likeness (QED) is 0.918. The first-order valence-corrected chi connectivity index (χ1v) is 9.81. The minimum Gasteiger partial charge on any atom is -0.334 e. The van der Waals surface area contributed by atoms with E-state index in [2.05, 4.69) is 19.2 Å². The summed E-state index contributed by atoms with van der Waals surface area (Å²) in [5, 5.41) is 2.92. The third-order valence-corrected chi connectivity index (χ3v) is 6.01. The van der Waals surface area contributed by atoms with Crippen LogP contribution in [0.3, 0.4) is 0 Å². The Labute approximate surface area is 139 Å². The molecule has 0 bridgehead atoms. The van der Waals surface area contributed by atoms with E-state index in [9.17, 15) is 13.2 Å². The van der Waals surface area contributed by atoms with Gasteiger partial charge in [0, 0.05) is 19.6 Å². The molecule has 0 aliphatic carbocycles. The zero-order valence-corrected chi connectivity index (χ0v) is 14.9. The van der Waals surface area contributed by atoms with Gasteiger partial charge >= 0.3 is 6.03 Å². The second kappa shape index (κ2) is 7.34. The van der Waals surface area contributed by atoms with Crippen LogP contribution in [0.5, 0.6) is 0 Å². The van der Waals surface area contributed by atoms with E-state index in [0.29, 0.717) is 23.3 Å². The number of hydrogen-bond acceptors (Lipinski definition) is 3. The zero-order chi connectivity index (χ0) is 17.0. The van der Waals surface area contributed by atoms with Crippen molar-refractivity contribution in [2.24, 2.45) is 11.8 Å². The molecule has 0 spiro atoms. The molecule has 1 saturated heterocycles. The highest BCUT2D eigenvalue weighted by Crippen LogP contribution is 2.21. The van der Waals surface area contributed by atoms with Gasteiger partial charge < -0.3 is 10.2 Å². The summed E-state index contributed by atoms with van der Waals surface area (Å²) in [6.07, 6.45) is 1.16. The smallest absolute Gasteiger partial charge is 0.317 e. The van der Waals surface area contributed by atoms with Gasteiger partial charge in [-0.1, -0.05) is 32.9 Å². The number of amides is 2. The van der Waals surface area contributed by atoms with Crippen molar-refractivity contribution in [3.8, 4) is 0 Å². The Morgan fingerprint density at radius 1 is 1.17 bits per heavy atom. The lowest BCUT2D eigenvalue weighted by atomic mass is 9.92. The number of piperidine rings is 1. The minimum absolute atomic E-state index is 0.0475. The minimum atomic E-state index is -3.17. The lowest BCUT2D eigenvalue weighted by Gasteiger charge is -2.34. The first-order chi connectivity index (χ1) is 10.8. The summed E-state index contributed by atoms with van der Waals surface area (Å²) in [6.45, 7) is 7.97. The molecular formula is C17H26N2O3S. The van der Waals surface area contributed by atoms with Crippen LogP contribution in [0.1, 0.15) is 32.8 Å². The first-order valence-electron chi connectivity index (χ1n) is 8.16. The lowest BCUT2D eigenvalue weighted by molar-refractivity contribution is 0.146. The van der Waals surface area contributed by atoms with Gasteiger partial charge in [0.25, 0.3) is 0 Å². The second-order valence-corrected chi connectivity index (χ2v) is 8.84. The number of rotatable bonds is 4. The van der Waals surface area contributed by atoms with Crippen molar-refractivity contribution in [2.75, 3.05) is 18.8 Å². The van der Waals surface area contributed by atoms with Crippen molar-refractivity contribution in [1.82, 2.24) is 10.2 Å². The molecular weight excluding hydrogens is 312 g/mol. The average molecular weight is 338 g/mol. The molecule has 128 valence electrons. The Bertz CT molecular complexity index is 630. The van der Waals surface area contributed by atoms with Gasteiger partial charge in [-0.2, -0.15) is 0 Å². The number of nitrogens with one attached hydrogen (secondary N) is 1. The normalized spacial score (nSPS) is 22.0. The third-order valence-electron chi connectivity index (χ3n) is 4.26. The van der Waals surface area contributed by atoms with Gasteiger partial charge in [0.05, 0.1) is 10.6 Å². The van der Waals surface area contributed by atoms with Gasteiger partial charge in [-0.25, -0.2) is 13.2 Å². The monoisotopic (exact) mass is 338 g/mol.